The van der Waals surface area contributed by atoms with E-state index in [1.807, 2.05) is 20.8 Å². The lowest BCUT2D eigenvalue weighted by molar-refractivity contribution is 0.142. The average Bonchev–Trinajstić information content (AvgIpc) is 2.57. The summed E-state index contributed by atoms with van der Waals surface area (Å²) < 4.78 is 5.07. The number of aliphatic hydroxyl groups is 1. The molecule has 2 amide bonds. The lowest BCUT2D eigenvalue weighted by atomic mass is 10.1. The lowest BCUT2D eigenvalue weighted by Gasteiger charge is -2.22. The van der Waals surface area contributed by atoms with E-state index in [-0.39, 0.29) is 12.1 Å². The Balaban J connectivity index is 2.65. The van der Waals surface area contributed by atoms with Gasteiger partial charge in [-0.3, -0.25) is 0 Å². The summed E-state index contributed by atoms with van der Waals surface area (Å²) in [5.41, 5.74) is 1.67. The normalized spacial score (nSPS) is 14.1. The monoisotopic (exact) mass is 255 g/mol. The van der Waals surface area contributed by atoms with E-state index in [2.05, 4.69) is 10.5 Å². The number of carbonyl (C=O) groups is 1. The van der Waals surface area contributed by atoms with Gasteiger partial charge in [-0.15, -0.1) is 0 Å². The molecule has 0 bridgehead atoms. The molecule has 1 aromatic heterocycles. The Hall–Kier alpha value is -1.56. The summed E-state index contributed by atoms with van der Waals surface area (Å²) in [5, 5.41) is 15.9. The first-order valence-corrected chi connectivity index (χ1v) is 5.95. The summed E-state index contributed by atoms with van der Waals surface area (Å²) in [6.45, 7) is 7.47. The highest BCUT2D eigenvalue weighted by molar-refractivity contribution is 5.74. The van der Waals surface area contributed by atoms with Gasteiger partial charge in [0.1, 0.15) is 5.76 Å². The highest BCUT2D eigenvalue weighted by Crippen LogP contribution is 2.20. The molecule has 6 nitrogen and oxygen atoms in total. The van der Waals surface area contributed by atoms with E-state index in [9.17, 15) is 9.90 Å². The zero-order valence-corrected chi connectivity index (χ0v) is 11.5. The molecule has 6 heteroatoms. The number of hydrogen-bond acceptors (Lipinski definition) is 4. The fourth-order valence-electron chi connectivity index (χ4n) is 1.96. The molecule has 2 atom stereocenters. The summed E-state index contributed by atoms with van der Waals surface area (Å²) in [4.78, 5) is 13.3. The Morgan fingerprint density at radius 2 is 2.11 bits per heavy atom. The van der Waals surface area contributed by atoms with Gasteiger partial charge in [-0.25, -0.2) is 4.79 Å². The van der Waals surface area contributed by atoms with Crippen molar-refractivity contribution in [1.82, 2.24) is 15.4 Å². The first-order valence-electron chi connectivity index (χ1n) is 5.95. The van der Waals surface area contributed by atoms with Crippen LogP contribution in [0.3, 0.4) is 0 Å². The number of hydrogen-bond donors (Lipinski definition) is 2. The molecule has 1 rings (SSSR count). The first-order chi connectivity index (χ1) is 8.32. The van der Waals surface area contributed by atoms with Gasteiger partial charge in [0.05, 0.1) is 17.8 Å². The molecule has 0 fully saturated rings. The zero-order chi connectivity index (χ0) is 13.9. The number of amides is 2. The maximum absolute atomic E-state index is 11.9. The van der Waals surface area contributed by atoms with Crippen LogP contribution in [0, 0.1) is 13.8 Å². The molecular formula is C12H21N3O3. The van der Waals surface area contributed by atoms with Gasteiger partial charge in [0.25, 0.3) is 0 Å². The van der Waals surface area contributed by atoms with Crippen LogP contribution in [-0.4, -0.2) is 40.9 Å². The van der Waals surface area contributed by atoms with Crippen molar-refractivity contribution in [3.8, 4) is 0 Å². The smallest absolute Gasteiger partial charge is 0.317 e. The van der Waals surface area contributed by atoms with Crippen LogP contribution in [0.15, 0.2) is 4.52 Å². The zero-order valence-electron chi connectivity index (χ0n) is 11.5. The van der Waals surface area contributed by atoms with Crippen molar-refractivity contribution in [3.63, 3.8) is 0 Å². The Kier molecular flexibility index (Phi) is 4.72. The van der Waals surface area contributed by atoms with E-state index in [1.54, 1.807) is 14.0 Å². The van der Waals surface area contributed by atoms with E-state index >= 15 is 0 Å². The molecule has 102 valence electrons. The Bertz CT molecular complexity index is 395. The fraction of sp³-hybridized carbons (Fsp3) is 0.667. The summed E-state index contributed by atoms with van der Waals surface area (Å²) in [7, 11) is 1.64. The number of carbonyl (C=O) groups excluding carboxylic acids is 1. The summed E-state index contributed by atoms with van der Waals surface area (Å²) in [6.07, 6.45) is -0.546. The van der Waals surface area contributed by atoms with Crippen molar-refractivity contribution in [3.05, 3.63) is 17.0 Å². The molecule has 0 spiro atoms. The number of rotatable bonds is 4. The molecule has 1 heterocycles. The summed E-state index contributed by atoms with van der Waals surface area (Å²) >= 11 is 0. The molecule has 2 N–H and O–H groups in total. The third-order valence-corrected chi connectivity index (χ3v) is 2.75. The predicted octanol–water partition coefficient (Wildman–Crippen LogP) is 1.37. The quantitative estimate of drug-likeness (QED) is 0.851. The van der Waals surface area contributed by atoms with Gasteiger partial charge in [0.15, 0.2) is 0 Å². The number of aromatic nitrogens is 1. The minimum absolute atomic E-state index is 0.180. The summed E-state index contributed by atoms with van der Waals surface area (Å²) in [6, 6.07) is -0.413. The highest BCUT2D eigenvalue weighted by atomic mass is 16.5. The number of aliphatic hydroxyl groups excluding tert-OH is 1. The minimum Gasteiger partial charge on any atom is -0.392 e. The van der Waals surface area contributed by atoms with Crippen LogP contribution in [0.2, 0.25) is 0 Å². The fourth-order valence-corrected chi connectivity index (χ4v) is 1.96. The van der Waals surface area contributed by atoms with E-state index in [1.165, 1.54) is 4.90 Å². The number of likely N-dealkylation sites (N-methyl/N-ethyl adjacent to an activating group) is 1. The van der Waals surface area contributed by atoms with Crippen molar-refractivity contribution >= 4 is 6.03 Å². The lowest BCUT2D eigenvalue weighted by Crippen LogP contribution is -2.41. The van der Waals surface area contributed by atoms with Crippen LogP contribution in [0.5, 0.6) is 0 Å². The molecule has 0 aromatic carbocycles. The number of aryl methyl sites for hydroxylation is 2. The van der Waals surface area contributed by atoms with Gasteiger partial charge in [0.2, 0.25) is 0 Å². The molecule has 0 aliphatic rings. The molecule has 0 aliphatic carbocycles. The molecule has 2 unspecified atom stereocenters. The Morgan fingerprint density at radius 1 is 1.50 bits per heavy atom. The van der Waals surface area contributed by atoms with E-state index in [4.69, 9.17) is 4.52 Å². The van der Waals surface area contributed by atoms with Crippen LogP contribution >= 0.6 is 0 Å². The van der Waals surface area contributed by atoms with Gasteiger partial charge in [-0.05, 0) is 27.7 Å². The van der Waals surface area contributed by atoms with E-state index < -0.39 is 6.10 Å². The minimum atomic E-state index is -0.546. The molecule has 18 heavy (non-hydrogen) atoms. The second-order valence-corrected chi connectivity index (χ2v) is 4.64. The van der Waals surface area contributed by atoms with Gasteiger partial charge in [-0.2, -0.15) is 0 Å². The van der Waals surface area contributed by atoms with Gasteiger partial charge < -0.3 is 19.8 Å². The second-order valence-electron chi connectivity index (χ2n) is 4.64. The average molecular weight is 255 g/mol. The van der Waals surface area contributed by atoms with Crippen molar-refractivity contribution in [1.29, 1.82) is 0 Å². The predicted molar refractivity (Wildman–Crippen MR) is 67.2 cm³/mol. The topological polar surface area (TPSA) is 78.6 Å². The van der Waals surface area contributed by atoms with Crippen molar-refractivity contribution in [2.75, 3.05) is 13.6 Å². The summed E-state index contributed by atoms with van der Waals surface area (Å²) in [5.74, 6) is 0.707. The number of nitrogens with zero attached hydrogens (tertiary/aromatic N) is 2. The molecule has 1 aromatic rings. The molecule has 0 saturated carbocycles. The highest BCUT2D eigenvalue weighted by Gasteiger charge is 2.20. The third kappa shape index (κ3) is 3.46. The SMILES string of the molecule is Cc1noc(C)c1C(C)NC(=O)N(C)CC(C)O. The van der Waals surface area contributed by atoms with E-state index in [0.29, 0.717) is 12.3 Å². The molecule has 0 radical (unpaired) electrons. The Labute approximate surface area is 107 Å². The molecule has 0 saturated heterocycles. The maximum Gasteiger partial charge on any atom is 0.317 e. The standard InChI is InChI=1S/C12H21N3O3/c1-7(16)6-15(5)12(17)13-8(2)11-9(3)14-18-10(11)4/h7-8,16H,6H2,1-5H3,(H,13,17). The maximum atomic E-state index is 11.9. The van der Waals surface area contributed by atoms with Crippen LogP contribution in [0.25, 0.3) is 0 Å². The van der Waals surface area contributed by atoms with Gasteiger partial charge in [-0.1, -0.05) is 5.16 Å². The van der Waals surface area contributed by atoms with Crippen LogP contribution in [-0.2, 0) is 0 Å². The van der Waals surface area contributed by atoms with Crippen molar-refractivity contribution in [2.45, 2.75) is 39.8 Å². The van der Waals surface area contributed by atoms with Crippen LogP contribution in [0.4, 0.5) is 4.79 Å². The van der Waals surface area contributed by atoms with Crippen LogP contribution in [0.1, 0.15) is 36.9 Å². The largest absolute Gasteiger partial charge is 0.392 e. The van der Waals surface area contributed by atoms with Crippen LogP contribution < -0.4 is 5.32 Å². The Morgan fingerprint density at radius 3 is 2.56 bits per heavy atom. The van der Waals surface area contributed by atoms with Gasteiger partial charge >= 0.3 is 6.03 Å². The third-order valence-electron chi connectivity index (χ3n) is 2.75. The van der Waals surface area contributed by atoms with Crippen molar-refractivity contribution in [2.24, 2.45) is 0 Å². The van der Waals surface area contributed by atoms with E-state index in [0.717, 1.165) is 11.3 Å². The number of nitrogens with one attached hydrogen (secondary N) is 1. The number of urea groups is 1. The van der Waals surface area contributed by atoms with Crippen molar-refractivity contribution < 1.29 is 14.4 Å². The molecular weight excluding hydrogens is 234 g/mol. The van der Waals surface area contributed by atoms with Gasteiger partial charge in [0, 0.05) is 19.2 Å². The first kappa shape index (κ1) is 14.5. The molecule has 0 aliphatic heterocycles. The second kappa shape index (κ2) is 5.86.